The lowest BCUT2D eigenvalue weighted by molar-refractivity contribution is 0.103. The minimum atomic E-state index is -0.558. The Kier molecular flexibility index (Phi) is 6.62. The second-order valence-electron chi connectivity index (χ2n) is 12.8. The molecule has 4 nitrogen and oxygen atoms in total. The molecule has 0 bridgehead atoms. The average molecular weight is 578 g/mol. The highest BCUT2D eigenvalue weighted by Crippen LogP contribution is 2.63. The van der Waals surface area contributed by atoms with E-state index in [0.717, 1.165) is 16.8 Å². The highest BCUT2D eigenvalue weighted by atomic mass is 16.1. The summed E-state index contributed by atoms with van der Waals surface area (Å²) in [5.41, 5.74) is 9.77. The molecule has 2 aliphatic carbocycles. The average Bonchev–Trinajstić information content (AvgIpc) is 3.03. The van der Waals surface area contributed by atoms with E-state index < -0.39 is 5.41 Å². The summed E-state index contributed by atoms with van der Waals surface area (Å²) in [6, 6.07) is 37.5. The molecule has 44 heavy (non-hydrogen) atoms. The smallest absolute Gasteiger partial charge is 0.187 e. The monoisotopic (exact) mass is 577 g/mol. The molecular weight excluding hydrogens is 538 g/mol. The maximum absolute atomic E-state index is 13.9. The molecular formula is C40H39N3O. The van der Waals surface area contributed by atoms with Gasteiger partial charge in [0.2, 0.25) is 0 Å². The Balaban J connectivity index is 1.72. The Bertz CT molecular complexity index is 1830. The molecule has 0 aromatic heterocycles. The zero-order valence-electron chi connectivity index (χ0n) is 26.4. The lowest BCUT2D eigenvalue weighted by Crippen LogP contribution is -2.45. The third-order valence-corrected chi connectivity index (χ3v) is 9.74. The molecule has 4 heteroatoms. The van der Waals surface area contributed by atoms with E-state index in [0.29, 0.717) is 0 Å². The number of nitrogens with zero attached hydrogens (tertiary/aromatic N) is 3. The molecule has 7 rings (SSSR count). The predicted octanol–water partition coefficient (Wildman–Crippen LogP) is 8.01. The van der Waals surface area contributed by atoms with Crippen molar-refractivity contribution in [1.82, 2.24) is 0 Å². The molecule has 0 saturated carbocycles. The number of anilines is 3. The third-order valence-electron chi connectivity index (χ3n) is 9.74. The molecule has 220 valence electrons. The van der Waals surface area contributed by atoms with Crippen LogP contribution in [0.5, 0.6) is 0 Å². The van der Waals surface area contributed by atoms with Crippen LogP contribution in [-0.4, -0.2) is 48.1 Å². The fraction of sp³-hybridized carbons (Fsp3) is 0.225. The molecule has 5 aromatic carbocycles. The van der Waals surface area contributed by atoms with Gasteiger partial charge >= 0.3 is 0 Å². The van der Waals surface area contributed by atoms with Crippen molar-refractivity contribution in [2.24, 2.45) is 0 Å². The number of carbonyl (C=O) groups excluding carboxylic acids is 1. The maximum atomic E-state index is 13.9. The normalized spacial score (nSPS) is 20.1. The van der Waals surface area contributed by atoms with Crippen molar-refractivity contribution < 1.29 is 4.79 Å². The van der Waals surface area contributed by atoms with E-state index in [1.807, 2.05) is 20.2 Å². The third kappa shape index (κ3) is 3.93. The predicted molar refractivity (Wildman–Crippen MR) is 185 cm³/mol. The minimum absolute atomic E-state index is 0.0435. The molecule has 2 aliphatic rings. The van der Waals surface area contributed by atoms with E-state index in [2.05, 4.69) is 152 Å². The van der Waals surface area contributed by atoms with Crippen molar-refractivity contribution in [2.75, 3.05) is 57.0 Å². The van der Waals surface area contributed by atoms with Gasteiger partial charge in [-0.1, -0.05) is 91.0 Å². The van der Waals surface area contributed by atoms with E-state index in [9.17, 15) is 4.79 Å². The summed E-state index contributed by atoms with van der Waals surface area (Å²) in [5.74, 6) is -0.0218. The Hall–Kier alpha value is -4.83. The van der Waals surface area contributed by atoms with Crippen LogP contribution < -0.4 is 14.7 Å². The molecule has 0 amide bonds. The van der Waals surface area contributed by atoms with Crippen LogP contribution in [0.2, 0.25) is 0 Å². The van der Waals surface area contributed by atoms with Crippen LogP contribution in [-0.2, 0) is 5.41 Å². The summed E-state index contributed by atoms with van der Waals surface area (Å²) < 4.78 is 0. The fourth-order valence-corrected chi connectivity index (χ4v) is 8.05. The van der Waals surface area contributed by atoms with E-state index in [1.54, 1.807) is 0 Å². The molecule has 0 N–H and O–H groups in total. The number of fused-ring (bicyclic) bond motifs is 2. The van der Waals surface area contributed by atoms with Gasteiger partial charge < -0.3 is 14.7 Å². The molecule has 0 heterocycles. The fourth-order valence-electron chi connectivity index (χ4n) is 8.05. The number of ketones is 1. The molecule has 0 aliphatic heterocycles. The summed E-state index contributed by atoms with van der Waals surface area (Å²) in [7, 11) is 12.6. The van der Waals surface area contributed by atoms with Crippen LogP contribution in [0.3, 0.4) is 0 Å². The van der Waals surface area contributed by atoms with Gasteiger partial charge in [0.1, 0.15) is 0 Å². The first kappa shape index (κ1) is 28.0. The molecule has 1 unspecified atom stereocenters. The first-order valence-corrected chi connectivity index (χ1v) is 15.3. The van der Waals surface area contributed by atoms with Crippen molar-refractivity contribution in [3.63, 3.8) is 0 Å². The zero-order chi connectivity index (χ0) is 30.7. The van der Waals surface area contributed by atoms with Crippen LogP contribution in [0.1, 0.15) is 50.0 Å². The highest BCUT2D eigenvalue weighted by molar-refractivity contribution is 6.13. The van der Waals surface area contributed by atoms with Crippen LogP contribution >= 0.6 is 0 Å². The van der Waals surface area contributed by atoms with Crippen molar-refractivity contribution in [1.29, 1.82) is 0 Å². The zero-order valence-corrected chi connectivity index (χ0v) is 26.4. The van der Waals surface area contributed by atoms with Crippen LogP contribution in [0.4, 0.5) is 17.1 Å². The first-order valence-electron chi connectivity index (χ1n) is 15.3. The number of hydrogen-bond acceptors (Lipinski definition) is 4. The Labute approximate surface area is 260 Å². The van der Waals surface area contributed by atoms with Crippen LogP contribution in [0, 0.1) is 0 Å². The van der Waals surface area contributed by atoms with Gasteiger partial charge in [0.15, 0.2) is 5.78 Å². The van der Waals surface area contributed by atoms with E-state index in [4.69, 9.17) is 0 Å². The molecule has 0 fully saturated rings. The summed E-state index contributed by atoms with van der Waals surface area (Å²) in [4.78, 5) is 20.4. The lowest BCUT2D eigenvalue weighted by Gasteiger charge is -2.52. The van der Waals surface area contributed by atoms with E-state index >= 15 is 0 Å². The Morgan fingerprint density at radius 2 is 1.02 bits per heavy atom. The van der Waals surface area contributed by atoms with Crippen molar-refractivity contribution in [3.8, 4) is 0 Å². The Morgan fingerprint density at radius 1 is 0.523 bits per heavy atom. The van der Waals surface area contributed by atoms with Crippen molar-refractivity contribution in [2.45, 2.75) is 17.3 Å². The molecule has 1 spiro atoms. The van der Waals surface area contributed by atoms with Gasteiger partial charge in [0, 0.05) is 87.5 Å². The molecule has 5 aromatic rings. The summed E-state index contributed by atoms with van der Waals surface area (Å²) in [5, 5.41) is 2.58. The highest BCUT2D eigenvalue weighted by Gasteiger charge is 2.54. The van der Waals surface area contributed by atoms with E-state index in [1.165, 1.54) is 44.4 Å². The largest absolute Gasteiger partial charge is 0.377 e. The summed E-state index contributed by atoms with van der Waals surface area (Å²) in [6.45, 7) is 0. The van der Waals surface area contributed by atoms with Gasteiger partial charge in [0.05, 0.1) is 0 Å². The van der Waals surface area contributed by atoms with Gasteiger partial charge in [0.25, 0.3) is 0 Å². The van der Waals surface area contributed by atoms with Gasteiger partial charge in [-0.15, -0.1) is 0 Å². The van der Waals surface area contributed by atoms with Crippen LogP contribution in [0.25, 0.3) is 10.8 Å². The minimum Gasteiger partial charge on any atom is -0.377 e. The van der Waals surface area contributed by atoms with Gasteiger partial charge in [-0.25, -0.2) is 0 Å². The van der Waals surface area contributed by atoms with Crippen molar-refractivity contribution in [3.05, 3.63) is 149 Å². The number of allylic oxidation sites excluding steroid dienone is 2. The maximum Gasteiger partial charge on any atom is 0.187 e. The second kappa shape index (κ2) is 10.4. The van der Waals surface area contributed by atoms with Crippen LogP contribution in [0.15, 0.2) is 115 Å². The SMILES string of the molecule is CN(C)c1cccc2c1C(=O)C=CC21[C@H](c2ccccc2)c2ccc(N(C)C)c3c(N(C)C)ccc(c23)[C@@H]1c1ccccc1. The number of hydrogen-bond donors (Lipinski definition) is 0. The number of benzene rings is 5. The standard InChI is InChI=1S/C40H39N3O/c1-41(2)31-19-13-18-30-36(31)34(44)24-25-40(30)38(26-14-9-7-10-15-26)28-20-22-32(42(3)4)37-33(43(5)6)23-21-29(35(28)37)39(40)27-16-11-8-12-17-27/h7-25,38-39H,1-6H3/t38-,39+,40?. The Morgan fingerprint density at radius 3 is 1.50 bits per heavy atom. The molecule has 0 radical (unpaired) electrons. The van der Waals surface area contributed by atoms with Gasteiger partial charge in [-0.2, -0.15) is 0 Å². The summed E-state index contributed by atoms with van der Waals surface area (Å²) in [6.07, 6.45) is 4.10. The van der Waals surface area contributed by atoms with Gasteiger partial charge in [-0.3, -0.25) is 4.79 Å². The second-order valence-corrected chi connectivity index (χ2v) is 12.8. The molecule has 0 saturated heterocycles. The molecule has 3 atom stereocenters. The lowest BCUT2D eigenvalue weighted by atomic mass is 9.50. The number of carbonyl (C=O) groups is 1. The van der Waals surface area contributed by atoms with E-state index in [-0.39, 0.29) is 17.6 Å². The summed E-state index contributed by atoms with van der Waals surface area (Å²) >= 11 is 0. The van der Waals surface area contributed by atoms with Crippen molar-refractivity contribution >= 4 is 33.6 Å². The number of rotatable bonds is 5. The van der Waals surface area contributed by atoms with Gasteiger partial charge in [-0.05, 0) is 57.5 Å². The topological polar surface area (TPSA) is 26.8 Å². The first-order chi connectivity index (χ1) is 21.3. The quantitative estimate of drug-likeness (QED) is 0.211.